The Hall–Kier alpha value is -1.42. The number of aromatic nitrogens is 1. The van der Waals surface area contributed by atoms with Crippen LogP contribution >= 0.6 is 0 Å². The summed E-state index contributed by atoms with van der Waals surface area (Å²) in [6.45, 7) is 6.08. The number of unbranched alkanes of at least 4 members (excludes halogenated alkanes) is 1. The minimum Gasteiger partial charge on any atom is -0.481 e. The lowest BCUT2D eigenvalue weighted by Crippen LogP contribution is -2.39. The molecule has 1 saturated heterocycles. The van der Waals surface area contributed by atoms with Gasteiger partial charge in [0, 0.05) is 6.20 Å². The molecule has 1 N–H and O–H groups in total. The number of carbonyl (C=O) groups is 1. The Balaban J connectivity index is 2.07. The SMILES string of the molecule is CCCCC(c1ccc(CC)cn1)N1CCC(C(=O)O)CC1. The highest BCUT2D eigenvalue weighted by Gasteiger charge is 2.29. The molecule has 4 nitrogen and oxygen atoms in total. The first-order valence-electron chi connectivity index (χ1n) is 8.57. The summed E-state index contributed by atoms with van der Waals surface area (Å²) in [5.74, 6) is -0.811. The second-order valence-corrected chi connectivity index (χ2v) is 6.25. The lowest BCUT2D eigenvalue weighted by Gasteiger charge is -2.36. The average Bonchev–Trinajstić information content (AvgIpc) is 2.56. The third-order valence-electron chi connectivity index (χ3n) is 4.75. The van der Waals surface area contributed by atoms with Crippen molar-refractivity contribution < 1.29 is 9.90 Å². The van der Waals surface area contributed by atoms with Crippen LogP contribution in [0.3, 0.4) is 0 Å². The van der Waals surface area contributed by atoms with Crippen molar-refractivity contribution in [2.24, 2.45) is 5.92 Å². The van der Waals surface area contributed by atoms with Crippen LogP contribution in [-0.4, -0.2) is 34.0 Å². The molecular weight excluding hydrogens is 276 g/mol. The van der Waals surface area contributed by atoms with E-state index in [1.807, 2.05) is 6.20 Å². The van der Waals surface area contributed by atoms with Crippen molar-refractivity contribution in [1.29, 1.82) is 0 Å². The van der Waals surface area contributed by atoms with Gasteiger partial charge >= 0.3 is 5.97 Å². The molecule has 0 bridgehead atoms. The molecule has 2 heterocycles. The molecule has 0 radical (unpaired) electrons. The van der Waals surface area contributed by atoms with Crippen LogP contribution < -0.4 is 0 Å². The molecule has 1 unspecified atom stereocenters. The van der Waals surface area contributed by atoms with Crippen LogP contribution in [0.2, 0.25) is 0 Å². The first-order valence-corrected chi connectivity index (χ1v) is 8.57. The third-order valence-corrected chi connectivity index (χ3v) is 4.75. The summed E-state index contributed by atoms with van der Waals surface area (Å²) in [6.07, 6.45) is 7.97. The highest BCUT2D eigenvalue weighted by molar-refractivity contribution is 5.70. The fourth-order valence-electron chi connectivity index (χ4n) is 3.22. The second kappa shape index (κ2) is 8.28. The predicted octanol–water partition coefficient (Wildman–Crippen LogP) is 3.67. The molecule has 0 saturated carbocycles. The summed E-state index contributed by atoms with van der Waals surface area (Å²) < 4.78 is 0. The molecular formula is C18H28N2O2. The number of hydrogen-bond acceptors (Lipinski definition) is 3. The molecule has 22 heavy (non-hydrogen) atoms. The molecule has 1 aliphatic rings. The van der Waals surface area contributed by atoms with Crippen molar-refractivity contribution in [2.75, 3.05) is 13.1 Å². The van der Waals surface area contributed by atoms with Crippen LogP contribution in [0, 0.1) is 5.92 Å². The first kappa shape index (κ1) is 16.9. The number of aliphatic carboxylic acids is 1. The van der Waals surface area contributed by atoms with Crippen molar-refractivity contribution in [3.8, 4) is 0 Å². The molecule has 0 amide bonds. The van der Waals surface area contributed by atoms with Crippen LogP contribution in [0.1, 0.15) is 63.3 Å². The number of carboxylic acids is 1. The van der Waals surface area contributed by atoms with Crippen molar-refractivity contribution in [3.63, 3.8) is 0 Å². The van der Waals surface area contributed by atoms with Gasteiger partial charge in [-0.3, -0.25) is 14.7 Å². The van der Waals surface area contributed by atoms with Crippen molar-refractivity contribution >= 4 is 5.97 Å². The van der Waals surface area contributed by atoms with Gasteiger partial charge in [-0.1, -0.05) is 32.8 Å². The number of likely N-dealkylation sites (tertiary alicyclic amines) is 1. The van der Waals surface area contributed by atoms with Gasteiger partial charge in [-0.2, -0.15) is 0 Å². The van der Waals surface area contributed by atoms with E-state index in [0.717, 1.165) is 44.5 Å². The molecule has 1 fully saturated rings. The Morgan fingerprint density at radius 1 is 1.36 bits per heavy atom. The molecule has 1 aromatic rings. The Kier molecular flexibility index (Phi) is 6.37. The van der Waals surface area contributed by atoms with Crippen LogP contribution in [0.15, 0.2) is 18.3 Å². The van der Waals surface area contributed by atoms with E-state index in [-0.39, 0.29) is 5.92 Å². The van der Waals surface area contributed by atoms with E-state index >= 15 is 0 Å². The Morgan fingerprint density at radius 3 is 2.59 bits per heavy atom. The van der Waals surface area contributed by atoms with E-state index in [1.54, 1.807) is 0 Å². The van der Waals surface area contributed by atoms with Crippen LogP contribution in [-0.2, 0) is 11.2 Å². The summed E-state index contributed by atoms with van der Waals surface area (Å²) in [5, 5.41) is 9.15. The molecule has 4 heteroatoms. The maximum Gasteiger partial charge on any atom is 0.306 e. The number of nitrogens with zero attached hydrogens (tertiary/aromatic N) is 2. The molecule has 0 aromatic carbocycles. The van der Waals surface area contributed by atoms with Gasteiger partial charge < -0.3 is 5.11 Å². The summed E-state index contributed by atoms with van der Waals surface area (Å²) in [5.41, 5.74) is 2.40. The molecule has 2 rings (SSSR count). The highest BCUT2D eigenvalue weighted by Crippen LogP contribution is 2.30. The van der Waals surface area contributed by atoms with Gasteiger partial charge in [0.2, 0.25) is 0 Å². The predicted molar refractivity (Wildman–Crippen MR) is 87.8 cm³/mol. The molecule has 0 aliphatic carbocycles. The quantitative estimate of drug-likeness (QED) is 0.835. The zero-order chi connectivity index (χ0) is 15.9. The number of piperidine rings is 1. The second-order valence-electron chi connectivity index (χ2n) is 6.25. The van der Waals surface area contributed by atoms with E-state index in [0.29, 0.717) is 6.04 Å². The number of aryl methyl sites for hydroxylation is 1. The standard InChI is InChI=1S/C18H28N2O2/c1-3-5-6-17(16-8-7-14(4-2)13-19-16)20-11-9-15(10-12-20)18(21)22/h7-8,13,15,17H,3-6,9-12H2,1-2H3,(H,21,22). The smallest absolute Gasteiger partial charge is 0.306 e. The third kappa shape index (κ3) is 4.29. The van der Waals surface area contributed by atoms with Crippen molar-refractivity contribution in [1.82, 2.24) is 9.88 Å². The van der Waals surface area contributed by atoms with Gasteiger partial charge in [0.1, 0.15) is 0 Å². The number of rotatable bonds is 7. The van der Waals surface area contributed by atoms with Gasteiger partial charge in [0.25, 0.3) is 0 Å². The van der Waals surface area contributed by atoms with Gasteiger partial charge in [-0.15, -0.1) is 0 Å². The monoisotopic (exact) mass is 304 g/mol. The minimum absolute atomic E-state index is 0.168. The fraction of sp³-hybridized carbons (Fsp3) is 0.667. The first-order chi connectivity index (χ1) is 10.7. The molecule has 122 valence electrons. The minimum atomic E-state index is -0.643. The lowest BCUT2D eigenvalue weighted by molar-refractivity contribution is -0.143. The van der Waals surface area contributed by atoms with Crippen LogP contribution in [0.25, 0.3) is 0 Å². The molecule has 1 atom stereocenters. The topological polar surface area (TPSA) is 53.4 Å². The number of carboxylic acid groups (broad SMARTS) is 1. The van der Waals surface area contributed by atoms with Gasteiger partial charge in [-0.25, -0.2) is 0 Å². The Morgan fingerprint density at radius 2 is 2.09 bits per heavy atom. The Labute approximate surface area is 133 Å². The molecule has 1 aromatic heterocycles. The fourth-order valence-corrected chi connectivity index (χ4v) is 3.22. The van der Waals surface area contributed by atoms with Gasteiger partial charge in [-0.05, 0) is 50.4 Å². The van der Waals surface area contributed by atoms with Crippen LogP contribution in [0.4, 0.5) is 0 Å². The molecule has 0 spiro atoms. The maximum atomic E-state index is 11.1. The summed E-state index contributed by atoms with van der Waals surface area (Å²) in [6, 6.07) is 4.66. The van der Waals surface area contributed by atoms with E-state index in [2.05, 4.69) is 35.9 Å². The summed E-state index contributed by atoms with van der Waals surface area (Å²) in [4.78, 5) is 18.2. The van der Waals surface area contributed by atoms with Crippen molar-refractivity contribution in [2.45, 2.75) is 58.4 Å². The van der Waals surface area contributed by atoms with Crippen molar-refractivity contribution in [3.05, 3.63) is 29.6 Å². The summed E-state index contributed by atoms with van der Waals surface area (Å²) >= 11 is 0. The van der Waals surface area contributed by atoms with E-state index < -0.39 is 5.97 Å². The normalized spacial score (nSPS) is 18.3. The largest absolute Gasteiger partial charge is 0.481 e. The zero-order valence-electron chi connectivity index (χ0n) is 13.8. The zero-order valence-corrected chi connectivity index (χ0v) is 13.8. The number of pyridine rings is 1. The summed E-state index contributed by atoms with van der Waals surface area (Å²) in [7, 11) is 0. The van der Waals surface area contributed by atoms with Crippen LogP contribution in [0.5, 0.6) is 0 Å². The average molecular weight is 304 g/mol. The van der Waals surface area contributed by atoms with E-state index in [4.69, 9.17) is 5.11 Å². The lowest BCUT2D eigenvalue weighted by atomic mass is 9.94. The maximum absolute atomic E-state index is 11.1. The van der Waals surface area contributed by atoms with Gasteiger partial charge in [0.15, 0.2) is 0 Å². The highest BCUT2D eigenvalue weighted by atomic mass is 16.4. The number of hydrogen-bond donors (Lipinski definition) is 1. The molecule has 1 aliphatic heterocycles. The van der Waals surface area contributed by atoms with E-state index in [9.17, 15) is 4.79 Å². The van der Waals surface area contributed by atoms with E-state index in [1.165, 1.54) is 18.4 Å². The van der Waals surface area contributed by atoms with Gasteiger partial charge in [0.05, 0.1) is 17.7 Å². The Bertz CT molecular complexity index is 464.